The van der Waals surface area contributed by atoms with Crippen LogP contribution in [0.2, 0.25) is 10.0 Å². The van der Waals surface area contributed by atoms with Gasteiger partial charge in [0.1, 0.15) is 0 Å². The topological polar surface area (TPSA) is 94.1 Å². The van der Waals surface area contributed by atoms with Crippen molar-refractivity contribution < 1.29 is 28.3 Å². The van der Waals surface area contributed by atoms with Crippen LogP contribution in [0.4, 0.5) is 4.79 Å². The highest BCUT2D eigenvalue weighted by Gasteiger charge is 2.44. The van der Waals surface area contributed by atoms with E-state index in [0.717, 1.165) is 0 Å². The zero-order valence-corrected chi connectivity index (χ0v) is 20.5. The van der Waals surface area contributed by atoms with Gasteiger partial charge in [0, 0.05) is 15.6 Å². The van der Waals surface area contributed by atoms with Crippen LogP contribution in [-0.4, -0.2) is 33.4 Å². The molecular weight excluding hydrogens is 510 g/mol. The fourth-order valence-corrected chi connectivity index (χ4v) is 5.04. The van der Waals surface area contributed by atoms with Crippen molar-refractivity contribution in [2.75, 3.05) is 0 Å². The third-order valence-corrected chi connectivity index (χ3v) is 6.59. The largest absolute Gasteiger partial charge is 0.428 e. The number of carbonyl (C=O) groups is 1. The van der Waals surface area contributed by atoms with Crippen LogP contribution in [0.25, 0.3) is 0 Å². The van der Waals surface area contributed by atoms with Crippen molar-refractivity contribution in [3.8, 4) is 0 Å². The van der Waals surface area contributed by atoms with Gasteiger partial charge in [-0.2, -0.15) is 0 Å². The lowest BCUT2D eigenvalue weighted by molar-refractivity contribution is 0.0640. The first-order valence-electron chi connectivity index (χ1n) is 8.29. The molecule has 2 N–H and O–H groups in total. The molecule has 1 aromatic carbocycles. The number of nitrogens with one attached hydrogen (secondary N) is 1. The van der Waals surface area contributed by atoms with Gasteiger partial charge in [-0.1, -0.05) is 64.1 Å². The second-order valence-corrected chi connectivity index (χ2v) is 11.5. The molecule has 7 nitrogen and oxygen atoms in total. The summed E-state index contributed by atoms with van der Waals surface area (Å²) >= 11 is 28.7. The maximum atomic E-state index is 13.6. The van der Waals surface area contributed by atoms with Gasteiger partial charge in [-0.25, -0.2) is 4.79 Å². The third kappa shape index (κ3) is 8.60. The molecule has 0 bridgehead atoms. The molecule has 13 heteroatoms. The Kier molecular flexibility index (Phi) is 10.3. The van der Waals surface area contributed by atoms with Crippen LogP contribution >= 0.6 is 65.6 Å². The number of aliphatic hydroxyl groups is 1. The fraction of sp³-hybridized carbons (Fsp3) is 0.562. The average Bonchev–Trinajstić information content (AvgIpc) is 2.50. The van der Waals surface area contributed by atoms with E-state index in [2.05, 4.69) is 0 Å². The SMILES string of the molecule is CC(C)OP(=O)(OC(C)C)[C@H](OC(=O)N[C@H](O)C(Cl)(Cl)Cl)c1ccc(Cl)cc1Cl. The van der Waals surface area contributed by atoms with E-state index < -0.39 is 41.8 Å². The number of benzene rings is 1. The fourth-order valence-electron chi connectivity index (χ4n) is 2.05. The van der Waals surface area contributed by atoms with E-state index in [1.165, 1.54) is 18.2 Å². The standard InChI is InChI=1S/C16H21Cl5NO6P/c1-8(2)27-29(25,28-9(3)4)13(11-6-5-10(17)7-12(11)18)26-15(24)22-14(23)16(19,20)21/h5-9,13-14,23H,1-4H3,(H,22,24)/t13-,14+/m0/s1. The third-order valence-electron chi connectivity index (χ3n) is 3.01. The van der Waals surface area contributed by atoms with Crippen molar-refractivity contribution in [1.82, 2.24) is 5.32 Å². The molecular formula is C16H21Cl5NO6P. The van der Waals surface area contributed by atoms with Crippen molar-refractivity contribution in [2.45, 2.75) is 55.8 Å². The van der Waals surface area contributed by atoms with Gasteiger partial charge in [-0.15, -0.1) is 0 Å². The quantitative estimate of drug-likeness (QED) is 0.228. The molecule has 0 fully saturated rings. The van der Waals surface area contributed by atoms with E-state index in [1.54, 1.807) is 27.7 Å². The maximum Gasteiger partial charge on any atom is 0.410 e. The smallest absolute Gasteiger partial charge is 0.410 e. The summed E-state index contributed by atoms with van der Waals surface area (Å²) in [7, 11) is -4.13. The number of aliphatic hydroxyl groups excluding tert-OH is 1. The molecule has 0 radical (unpaired) electrons. The summed E-state index contributed by atoms with van der Waals surface area (Å²) in [5.74, 6) is -1.60. The highest BCUT2D eigenvalue weighted by Crippen LogP contribution is 2.64. The van der Waals surface area contributed by atoms with Gasteiger partial charge >= 0.3 is 13.7 Å². The summed E-state index contributed by atoms with van der Waals surface area (Å²) in [5.41, 5.74) is 0.110. The van der Waals surface area contributed by atoms with E-state index in [4.69, 9.17) is 71.8 Å². The molecule has 0 aliphatic heterocycles. The zero-order chi connectivity index (χ0) is 22.6. The van der Waals surface area contributed by atoms with Crippen LogP contribution in [0, 0.1) is 0 Å². The highest BCUT2D eigenvalue weighted by atomic mass is 35.6. The van der Waals surface area contributed by atoms with Gasteiger partial charge in [-0.05, 0) is 39.8 Å². The molecule has 0 unspecified atom stereocenters. The summed E-state index contributed by atoms with van der Waals surface area (Å²) in [5, 5.41) is 12.0. The van der Waals surface area contributed by atoms with Gasteiger partial charge in [0.05, 0.1) is 12.2 Å². The minimum atomic E-state index is -4.13. The Bertz CT molecular complexity index is 744. The summed E-state index contributed by atoms with van der Waals surface area (Å²) < 4.78 is 27.7. The van der Waals surface area contributed by atoms with Crippen LogP contribution in [0.1, 0.15) is 39.1 Å². The first-order valence-corrected chi connectivity index (χ1v) is 11.8. The summed E-state index contributed by atoms with van der Waals surface area (Å²) in [4.78, 5) is 12.3. The normalized spacial score (nSPS) is 14.8. The van der Waals surface area contributed by atoms with Gasteiger partial charge in [0.2, 0.25) is 9.64 Å². The number of alkyl halides is 3. The zero-order valence-electron chi connectivity index (χ0n) is 15.9. The van der Waals surface area contributed by atoms with E-state index >= 15 is 0 Å². The Morgan fingerprint density at radius 3 is 2.03 bits per heavy atom. The van der Waals surface area contributed by atoms with Crippen LogP contribution in [0.3, 0.4) is 0 Å². The molecule has 0 heterocycles. The molecule has 0 saturated heterocycles. The Balaban J connectivity index is 3.37. The summed E-state index contributed by atoms with van der Waals surface area (Å²) in [6.07, 6.45) is -4.25. The lowest BCUT2D eigenvalue weighted by Crippen LogP contribution is -2.44. The number of alkyl carbamates (subject to hydrolysis) is 1. The van der Waals surface area contributed by atoms with Crippen molar-refractivity contribution >= 4 is 71.7 Å². The van der Waals surface area contributed by atoms with Gasteiger partial charge < -0.3 is 18.9 Å². The molecule has 0 aliphatic rings. The van der Waals surface area contributed by atoms with Crippen LogP contribution in [0.5, 0.6) is 0 Å². The van der Waals surface area contributed by atoms with Crippen molar-refractivity contribution in [2.24, 2.45) is 0 Å². The predicted octanol–water partition coefficient (Wildman–Crippen LogP) is 6.45. The average molecular weight is 532 g/mol. The first kappa shape index (κ1) is 27.1. The molecule has 0 saturated carbocycles. The number of hydrogen-bond donors (Lipinski definition) is 2. The second-order valence-electron chi connectivity index (χ2n) is 6.36. The number of halogens is 5. The number of hydrogen-bond acceptors (Lipinski definition) is 6. The van der Waals surface area contributed by atoms with Crippen molar-refractivity contribution in [3.63, 3.8) is 0 Å². The van der Waals surface area contributed by atoms with E-state index in [9.17, 15) is 14.5 Å². The number of amides is 1. The first-order chi connectivity index (χ1) is 13.2. The number of carbonyl (C=O) groups excluding carboxylic acids is 1. The van der Waals surface area contributed by atoms with Crippen molar-refractivity contribution in [1.29, 1.82) is 0 Å². The summed E-state index contributed by atoms with van der Waals surface area (Å²) in [6.45, 7) is 6.51. The van der Waals surface area contributed by atoms with Crippen LogP contribution in [0.15, 0.2) is 18.2 Å². The predicted molar refractivity (Wildman–Crippen MR) is 115 cm³/mol. The molecule has 0 aliphatic carbocycles. The maximum absolute atomic E-state index is 13.6. The minimum Gasteiger partial charge on any atom is -0.428 e. The Morgan fingerprint density at radius 1 is 1.10 bits per heavy atom. The summed E-state index contributed by atoms with van der Waals surface area (Å²) in [6, 6.07) is 4.24. The highest BCUT2D eigenvalue weighted by molar-refractivity contribution is 7.54. The van der Waals surface area contributed by atoms with Crippen molar-refractivity contribution in [3.05, 3.63) is 33.8 Å². The molecule has 1 amide bonds. The number of rotatable bonds is 8. The lowest BCUT2D eigenvalue weighted by atomic mass is 10.2. The molecule has 2 atom stereocenters. The number of ether oxygens (including phenoxy) is 1. The van der Waals surface area contributed by atoms with Crippen LogP contribution in [-0.2, 0) is 18.3 Å². The van der Waals surface area contributed by atoms with E-state index in [1.807, 2.05) is 5.32 Å². The minimum absolute atomic E-state index is 0.0529. The van der Waals surface area contributed by atoms with Gasteiger partial charge in [0.15, 0.2) is 6.23 Å². The Labute approximate surface area is 194 Å². The second kappa shape index (κ2) is 11.1. The van der Waals surface area contributed by atoms with Gasteiger partial charge in [-0.3, -0.25) is 9.88 Å². The molecule has 29 heavy (non-hydrogen) atoms. The Morgan fingerprint density at radius 2 is 1.62 bits per heavy atom. The molecule has 166 valence electrons. The van der Waals surface area contributed by atoms with Gasteiger partial charge in [0.25, 0.3) is 0 Å². The molecule has 0 spiro atoms. The van der Waals surface area contributed by atoms with Crippen LogP contribution < -0.4 is 5.32 Å². The van der Waals surface area contributed by atoms with E-state index in [-0.39, 0.29) is 10.6 Å². The van der Waals surface area contributed by atoms with E-state index in [0.29, 0.717) is 5.02 Å². The molecule has 1 aromatic rings. The molecule has 1 rings (SSSR count). The Hall–Kier alpha value is 0.0500. The monoisotopic (exact) mass is 529 g/mol. The lowest BCUT2D eigenvalue weighted by Gasteiger charge is -2.30. The molecule has 0 aromatic heterocycles.